The highest BCUT2D eigenvalue weighted by Crippen LogP contribution is 2.48. The molecule has 1 saturated carbocycles. The predicted octanol–water partition coefficient (Wildman–Crippen LogP) is 3.19. The van der Waals surface area contributed by atoms with Crippen molar-refractivity contribution in [3.63, 3.8) is 0 Å². The summed E-state index contributed by atoms with van der Waals surface area (Å²) in [4.78, 5) is 35.7. The Balaban J connectivity index is 1.58. The third kappa shape index (κ3) is 7.79. The van der Waals surface area contributed by atoms with Gasteiger partial charge in [0.1, 0.15) is 23.8 Å². The van der Waals surface area contributed by atoms with Gasteiger partial charge in [-0.2, -0.15) is 0 Å². The molecule has 0 aliphatic heterocycles. The van der Waals surface area contributed by atoms with Crippen LogP contribution in [0, 0.1) is 5.82 Å². The first-order valence-electron chi connectivity index (χ1n) is 13.4. The Morgan fingerprint density at radius 2 is 1.62 bits per heavy atom. The van der Waals surface area contributed by atoms with Crippen LogP contribution in [0.25, 0.3) is 22.3 Å². The molecule has 1 amide bonds. The molecule has 3 aromatic rings. The SMILES string of the molecule is CC(=O)COCCOCCOCCN(c1cc2oc(-c3ccc(F)cc3)c(C(=O)C(N)=O)c2cc1C1CC1)S(C)(=O)=O. The Kier molecular flexibility index (Phi) is 10.1. The van der Waals surface area contributed by atoms with Crippen LogP contribution in [0.5, 0.6) is 0 Å². The van der Waals surface area contributed by atoms with E-state index in [9.17, 15) is 27.2 Å². The van der Waals surface area contributed by atoms with Crippen molar-refractivity contribution in [2.75, 3.05) is 56.7 Å². The van der Waals surface area contributed by atoms with Crippen molar-refractivity contribution < 1.29 is 45.8 Å². The number of fused-ring (bicyclic) bond motifs is 1. The number of anilines is 1. The molecule has 0 bridgehead atoms. The van der Waals surface area contributed by atoms with Gasteiger partial charge in [0.25, 0.3) is 11.7 Å². The molecular weight excluding hydrogens is 571 g/mol. The number of nitrogens with zero attached hydrogens (tertiary/aromatic N) is 1. The first-order valence-corrected chi connectivity index (χ1v) is 15.2. The third-order valence-electron chi connectivity index (χ3n) is 6.57. The Bertz CT molecular complexity index is 1560. The summed E-state index contributed by atoms with van der Waals surface area (Å²) in [5, 5.41) is 0.318. The molecule has 0 spiro atoms. The molecule has 1 fully saturated rings. The van der Waals surface area contributed by atoms with E-state index in [2.05, 4.69) is 0 Å². The molecule has 226 valence electrons. The lowest BCUT2D eigenvalue weighted by atomic mass is 9.98. The summed E-state index contributed by atoms with van der Waals surface area (Å²) in [7, 11) is -3.77. The van der Waals surface area contributed by atoms with E-state index < -0.39 is 27.5 Å². The minimum Gasteiger partial charge on any atom is -0.455 e. The molecule has 0 radical (unpaired) electrons. The number of carbonyl (C=O) groups is 3. The van der Waals surface area contributed by atoms with E-state index in [-0.39, 0.29) is 68.2 Å². The van der Waals surface area contributed by atoms with Crippen LogP contribution in [0.1, 0.15) is 41.6 Å². The van der Waals surface area contributed by atoms with Gasteiger partial charge in [0.2, 0.25) is 10.0 Å². The smallest absolute Gasteiger partial charge is 0.289 e. The van der Waals surface area contributed by atoms with Crippen molar-refractivity contribution >= 4 is 44.2 Å². The zero-order valence-corrected chi connectivity index (χ0v) is 24.2. The molecule has 1 heterocycles. The maximum Gasteiger partial charge on any atom is 0.289 e. The summed E-state index contributed by atoms with van der Waals surface area (Å²) in [6.45, 7) is 2.59. The zero-order valence-electron chi connectivity index (χ0n) is 23.4. The van der Waals surface area contributed by atoms with E-state index in [1.807, 2.05) is 0 Å². The van der Waals surface area contributed by atoms with Crippen LogP contribution in [-0.2, 0) is 33.8 Å². The van der Waals surface area contributed by atoms with E-state index in [0.29, 0.717) is 28.8 Å². The van der Waals surface area contributed by atoms with Crippen molar-refractivity contribution in [2.45, 2.75) is 25.7 Å². The number of primary amides is 1. The van der Waals surface area contributed by atoms with Gasteiger partial charge in [-0.1, -0.05) is 0 Å². The van der Waals surface area contributed by atoms with Crippen LogP contribution in [-0.4, -0.2) is 78.3 Å². The van der Waals surface area contributed by atoms with Crippen LogP contribution < -0.4 is 10.0 Å². The van der Waals surface area contributed by atoms with Gasteiger partial charge in [0.05, 0.1) is 57.1 Å². The van der Waals surface area contributed by atoms with Crippen molar-refractivity contribution in [3.8, 4) is 11.3 Å². The van der Waals surface area contributed by atoms with Crippen LogP contribution in [0.4, 0.5) is 10.1 Å². The molecule has 1 aromatic heterocycles. The number of ether oxygens (including phenoxy) is 3. The molecule has 13 heteroatoms. The number of rotatable bonds is 17. The predicted molar refractivity (Wildman–Crippen MR) is 152 cm³/mol. The molecule has 2 aromatic carbocycles. The number of sulfonamides is 1. The Morgan fingerprint density at radius 1 is 1.00 bits per heavy atom. The second-order valence-corrected chi connectivity index (χ2v) is 11.9. The lowest BCUT2D eigenvalue weighted by Gasteiger charge is -2.25. The highest BCUT2D eigenvalue weighted by Gasteiger charge is 2.33. The summed E-state index contributed by atoms with van der Waals surface area (Å²) in [6.07, 6.45) is 2.73. The van der Waals surface area contributed by atoms with Crippen molar-refractivity contribution in [1.82, 2.24) is 0 Å². The molecule has 11 nitrogen and oxygen atoms in total. The van der Waals surface area contributed by atoms with E-state index in [0.717, 1.165) is 19.1 Å². The quantitative estimate of drug-likeness (QED) is 0.139. The Hall–Kier alpha value is -3.65. The third-order valence-corrected chi connectivity index (χ3v) is 7.75. The van der Waals surface area contributed by atoms with E-state index >= 15 is 0 Å². The van der Waals surface area contributed by atoms with Crippen LogP contribution in [0.3, 0.4) is 0 Å². The first-order chi connectivity index (χ1) is 20.0. The number of carbonyl (C=O) groups excluding carboxylic acids is 3. The maximum atomic E-state index is 13.6. The number of benzene rings is 2. The summed E-state index contributed by atoms with van der Waals surface area (Å²) in [6, 6.07) is 8.43. The lowest BCUT2D eigenvalue weighted by Crippen LogP contribution is -2.34. The van der Waals surface area contributed by atoms with Gasteiger partial charge in [-0.05, 0) is 61.6 Å². The number of nitrogens with two attached hydrogens (primary N) is 1. The first kappa shape index (κ1) is 31.3. The van der Waals surface area contributed by atoms with Gasteiger partial charge in [-0.15, -0.1) is 0 Å². The number of Topliss-reactive ketones (excluding diaryl/α,β-unsaturated/α-hetero) is 2. The molecule has 42 heavy (non-hydrogen) atoms. The average molecular weight is 605 g/mol. The monoisotopic (exact) mass is 604 g/mol. The topological polar surface area (TPSA) is 155 Å². The second-order valence-electron chi connectivity index (χ2n) is 10.0. The highest BCUT2D eigenvalue weighted by molar-refractivity contribution is 7.92. The zero-order chi connectivity index (χ0) is 30.4. The highest BCUT2D eigenvalue weighted by atomic mass is 32.2. The van der Waals surface area contributed by atoms with Crippen LogP contribution in [0.15, 0.2) is 40.8 Å². The van der Waals surface area contributed by atoms with Gasteiger partial charge in [0, 0.05) is 17.0 Å². The van der Waals surface area contributed by atoms with Gasteiger partial charge in [-0.3, -0.25) is 18.7 Å². The average Bonchev–Trinajstić information content (AvgIpc) is 3.70. The van der Waals surface area contributed by atoms with Gasteiger partial charge >= 0.3 is 0 Å². The minimum absolute atomic E-state index is 0.00435. The van der Waals surface area contributed by atoms with Crippen LogP contribution in [0.2, 0.25) is 0 Å². The fourth-order valence-electron chi connectivity index (χ4n) is 4.51. The van der Waals surface area contributed by atoms with Crippen molar-refractivity contribution in [1.29, 1.82) is 0 Å². The lowest BCUT2D eigenvalue weighted by molar-refractivity contribution is -0.122. The fourth-order valence-corrected chi connectivity index (χ4v) is 5.43. The normalized spacial score (nSPS) is 13.4. The molecular formula is C29H33FN2O9S. The molecule has 0 atom stereocenters. The summed E-state index contributed by atoms with van der Waals surface area (Å²) in [5.41, 5.74) is 6.89. The summed E-state index contributed by atoms with van der Waals surface area (Å²) in [5.74, 6) is -2.63. The van der Waals surface area contributed by atoms with Gasteiger partial charge in [0.15, 0.2) is 5.78 Å². The molecule has 0 unspecified atom stereocenters. The molecule has 2 N–H and O–H groups in total. The summed E-state index contributed by atoms with van der Waals surface area (Å²) >= 11 is 0. The van der Waals surface area contributed by atoms with Gasteiger partial charge in [-0.25, -0.2) is 12.8 Å². The maximum absolute atomic E-state index is 13.6. The van der Waals surface area contributed by atoms with Crippen LogP contribution >= 0.6 is 0 Å². The van der Waals surface area contributed by atoms with E-state index in [1.165, 1.54) is 35.5 Å². The number of ketones is 2. The largest absolute Gasteiger partial charge is 0.455 e. The van der Waals surface area contributed by atoms with E-state index in [4.69, 9.17) is 24.4 Å². The number of hydrogen-bond donors (Lipinski definition) is 1. The second kappa shape index (κ2) is 13.6. The fraction of sp³-hybridized carbons (Fsp3) is 0.414. The minimum atomic E-state index is -3.77. The summed E-state index contributed by atoms with van der Waals surface area (Å²) < 4.78 is 62.8. The number of amides is 1. The molecule has 4 rings (SSSR count). The molecule has 1 aliphatic carbocycles. The number of hydrogen-bond acceptors (Lipinski definition) is 9. The molecule has 0 saturated heterocycles. The standard InChI is InChI=1S/C29H33FN2O9S/c1-18(33)17-40-14-13-39-12-11-38-10-9-32(42(2,36)37)24-16-25-23(15-22(24)19-3-4-19)26(27(34)29(31)35)28(41-25)20-5-7-21(30)8-6-20/h5-8,15-16,19H,3-4,9-14,17H2,1-2H3,(H2,31,35). The van der Waals surface area contributed by atoms with Gasteiger partial charge < -0.3 is 24.4 Å². The number of halogens is 1. The molecule has 1 aliphatic rings. The van der Waals surface area contributed by atoms with E-state index in [1.54, 1.807) is 12.1 Å². The number of furan rings is 1. The Labute approximate surface area is 242 Å². The Morgan fingerprint density at radius 3 is 2.19 bits per heavy atom. The van der Waals surface area contributed by atoms with Crippen molar-refractivity contribution in [2.24, 2.45) is 5.73 Å². The van der Waals surface area contributed by atoms with Crippen molar-refractivity contribution in [3.05, 3.63) is 53.3 Å².